The highest BCUT2D eigenvalue weighted by Crippen LogP contribution is 2.23. The number of likely N-dealkylation sites (tertiary alicyclic amines) is 1. The molecule has 1 aromatic carbocycles. The van der Waals surface area contributed by atoms with E-state index in [2.05, 4.69) is 56.1 Å². The predicted molar refractivity (Wildman–Crippen MR) is 83.8 cm³/mol. The van der Waals surface area contributed by atoms with Gasteiger partial charge in [-0.05, 0) is 75.9 Å². The van der Waals surface area contributed by atoms with Crippen molar-refractivity contribution >= 4 is 5.69 Å². The summed E-state index contributed by atoms with van der Waals surface area (Å²) in [6, 6.07) is 7.24. The van der Waals surface area contributed by atoms with Crippen LogP contribution in [0, 0.1) is 19.8 Å². The number of hydrogen-bond donors (Lipinski definition) is 1. The van der Waals surface area contributed by atoms with Crippen molar-refractivity contribution in [2.24, 2.45) is 5.92 Å². The van der Waals surface area contributed by atoms with E-state index >= 15 is 0 Å². The third kappa shape index (κ3) is 3.73. The molecule has 1 saturated heterocycles. The van der Waals surface area contributed by atoms with Crippen LogP contribution < -0.4 is 5.32 Å². The third-order valence-electron chi connectivity index (χ3n) is 4.60. The first-order valence-corrected chi connectivity index (χ1v) is 7.66. The van der Waals surface area contributed by atoms with Crippen LogP contribution in [-0.4, -0.2) is 30.6 Å². The van der Waals surface area contributed by atoms with E-state index in [0.717, 1.165) is 5.92 Å². The normalized spacial score (nSPS) is 22.2. The van der Waals surface area contributed by atoms with Crippen LogP contribution in [0.2, 0.25) is 0 Å². The van der Waals surface area contributed by atoms with E-state index in [4.69, 9.17) is 0 Å². The zero-order chi connectivity index (χ0) is 13.8. The number of piperidine rings is 1. The Hall–Kier alpha value is -1.02. The summed E-state index contributed by atoms with van der Waals surface area (Å²) < 4.78 is 0. The van der Waals surface area contributed by atoms with E-state index in [9.17, 15) is 0 Å². The Morgan fingerprint density at radius 3 is 2.79 bits per heavy atom. The number of nitrogens with one attached hydrogen (secondary N) is 1. The van der Waals surface area contributed by atoms with Gasteiger partial charge in [-0.15, -0.1) is 0 Å². The molecule has 1 aliphatic rings. The third-order valence-corrected chi connectivity index (χ3v) is 4.60. The van der Waals surface area contributed by atoms with Crippen LogP contribution in [0.4, 0.5) is 5.69 Å². The zero-order valence-electron chi connectivity index (χ0n) is 12.9. The molecule has 2 nitrogen and oxygen atoms in total. The van der Waals surface area contributed by atoms with Crippen molar-refractivity contribution in [3.8, 4) is 0 Å². The quantitative estimate of drug-likeness (QED) is 0.885. The maximum Gasteiger partial charge on any atom is 0.0345 e. The van der Waals surface area contributed by atoms with E-state index in [-0.39, 0.29) is 0 Å². The predicted octanol–water partition coefficient (Wildman–Crippen LogP) is 3.84. The van der Waals surface area contributed by atoms with Gasteiger partial charge < -0.3 is 10.2 Å². The van der Waals surface area contributed by atoms with Gasteiger partial charge in [0, 0.05) is 18.3 Å². The van der Waals surface area contributed by atoms with Gasteiger partial charge in [0.15, 0.2) is 0 Å². The van der Waals surface area contributed by atoms with Crippen LogP contribution in [0.1, 0.15) is 37.8 Å². The summed E-state index contributed by atoms with van der Waals surface area (Å²) in [5.74, 6) is 0.773. The molecular weight excluding hydrogens is 232 g/mol. The Kier molecular flexibility index (Phi) is 4.87. The van der Waals surface area contributed by atoms with Crippen LogP contribution in [0.25, 0.3) is 0 Å². The molecule has 0 aromatic heterocycles. The monoisotopic (exact) mass is 260 g/mol. The summed E-state index contributed by atoms with van der Waals surface area (Å²) in [4.78, 5) is 2.58. The van der Waals surface area contributed by atoms with Crippen LogP contribution in [0.3, 0.4) is 0 Å². The van der Waals surface area contributed by atoms with Crippen LogP contribution in [-0.2, 0) is 0 Å². The topological polar surface area (TPSA) is 15.3 Å². The van der Waals surface area contributed by atoms with Crippen molar-refractivity contribution in [3.05, 3.63) is 29.3 Å². The van der Waals surface area contributed by atoms with Crippen molar-refractivity contribution in [1.29, 1.82) is 0 Å². The number of nitrogens with zero attached hydrogens (tertiary/aromatic N) is 1. The molecule has 1 fully saturated rings. The molecule has 2 atom stereocenters. The van der Waals surface area contributed by atoms with Crippen molar-refractivity contribution in [2.45, 2.75) is 46.6 Å². The van der Waals surface area contributed by atoms with Crippen LogP contribution in [0.15, 0.2) is 18.2 Å². The maximum atomic E-state index is 3.70. The van der Waals surface area contributed by atoms with E-state index in [1.807, 2.05) is 0 Å². The lowest BCUT2D eigenvalue weighted by Gasteiger charge is -2.35. The van der Waals surface area contributed by atoms with E-state index in [1.165, 1.54) is 49.3 Å². The van der Waals surface area contributed by atoms with Gasteiger partial charge in [0.25, 0.3) is 0 Å². The molecule has 1 aromatic rings. The molecule has 19 heavy (non-hydrogen) atoms. The van der Waals surface area contributed by atoms with E-state index in [0.29, 0.717) is 6.04 Å². The largest absolute Gasteiger partial charge is 0.382 e. The molecule has 0 saturated carbocycles. The van der Waals surface area contributed by atoms with E-state index in [1.54, 1.807) is 0 Å². The smallest absolute Gasteiger partial charge is 0.0345 e. The molecule has 1 aliphatic heterocycles. The van der Waals surface area contributed by atoms with Gasteiger partial charge in [0.1, 0.15) is 0 Å². The van der Waals surface area contributed by atoms with Crippen molar-refractivity contribution < 1.29 is 0 Å². The van der Waals surface area contributed by atoms with Gasteiger partial charge in [0.2, 0.25) is 0 Å². The molecule has 0 spiro atoms. The zero-order valence-corrected chi connectivity index (χ0v) is 12.9. The van der Waals surface area contributed by atoms with Gasteiger partial charge in [-0.1, -0.05) is 13.0 Å². The number of hydrogen-bond acceptors (Lipinski definition) is 2. The second kappa shape index (κ2) is 6.42. The minimum atomic E-state index is 0.552. The number of rotatable bonds is 4. The summed E-state index contributed by atoms with van der Waals surface area (Å²) >= 11 is 0. The molecule has 0 radical (unpaired) electrons. The first-order chi connectivity index (χ1) is 9.10. The fourth-order valence-corrected chi connectivity index (χ4v) is 3.00. The molecule has 0 bridgehead atoms. The lowest BCUT2D eigenvalue weighted by Crippen LogP contribution is -2.41. The van der Waals surface area contributed by atoms with Crippen molar-refractivity contribution in [2.75, 3.05) is 25.0 Å². The Morgan fingerprint density at radius 1 is 1.32 bits per heavy atom. The highest BCUT2D eigenvalue weighted by Gasteiger charge is 2.23. The fraction of sp³-hybridized carbons (Fsp3) is 0.647. The summed E-state index contributed by atoms with van der Waals surface area (Å²) in [5.41, 5.74) is 4.01. The Morgan fingerprint density at radius 2 is 2.11 bits per heavy atom. The molecular formula is C17H28N2. The Bertz CT molecular complexity index is 414. The molecule has 2 heteroatoms. The Balaban J connectivity index is 1.96. The lowest BCUT2D eigenvalue weighted by molar-refractivity contribution is 0.172. The van der Waals surface area contributed by atoms with Gasteiger partial charge >= 0.3 is 0 Å². The summed E-state index contributed by atoms with van der Waals surface area (Å²) in [6.45, 7) is 12.7. The van der Waals surface area contributed by atoms with Gasteiger partial charge in [-0.25, -0.2) is 0 Å². The first-order valence-electron chi connectivity index (χ1n) is 7.66. The molecule has 2 rings (SSSR count). The molecule has 0 aliphatic carbocycles. The molecule has 0 amide bonds. The molecule has 1 heterocycles. The first kappa shape index (κ1) is 14.4. The number of aryl methyl sites for hydroxylation is 2. The highest BCUT2D eigenvalue weighted by molar-refractivity contribution is 5.48. The summed E-state index contributed by atoms with van der Waals surface area (Å²) in [6.07, 6.45) is 2.70. The Labute approximate surface area is 118 Å². The SMILES string of the molecule is CCN1CCCC(C(C)Nc2ccc(C)c(C)c2)C1. The molecule has 2 unspecified atom stereocenters. The van der Waals surface area contributed by atoms with Crippen molar-refractivity contribution in [3.63, 3.8) is 0 Å². The molecule has 1 N–H and O–H groups in total. The van der Waals surface area contributed by atoms with Gasteiger partial charge in [-0.3, -0.25) is 0 Å². The number of benzene rings is 1. The van der Waals surface area contributed by atoms with Gasteiger partial charge in [0.05, 0.1) is 0 Å². The number of anilines is 1. The standard InChI is InChI=1S/C17H28N2/c1-5-19-10-6-7-16(12-19)15(4)18-17-9-8-13(2)14(3)11-17/h8-9,11,15-16,18H,5-7,10,12H2,1-4H3. The summed E-state index contributed by atoms with van der Waals surface area (Å²) in [5, 5.41) is 3.70. The lowest BCUT2D eigenvalue weighted by atomic mass is 9.91. The highest BCUT2D eigenvalue weighted by atomic mass is 15.1. The average Bonchev–Trinajstić information content (AvgIpc) is 2.43. The second-order valence-electron chi connectivity index (χ2n) is 6.03. The molecule has 106 valence electrons. The fourth-order valence-electron chi connectivity index (χ4n) is 3.00. The van der Waals surface area contributed by atoms with Crippen molar-refractivity contribution in [1.82, 2.24) is 4.90 Å². The summed E-state index contributed by atoms with van der Waals surface area (Å²) in [7, 11) is 0. The van der Waals surface area contributed by atoms with E-state index < -0.39 is 0 Å². The minimum Gasteiger partial charge on any atom is -0.382 e. The average molecular weight is 260 g/mol. The van der Waals surface area contributed by atoms with Gasteiger partial charge in [-0.2, -0.15) is 0 Å². The second-order valence-corrected chi connectivity index (χ2v) is 6.03. The van der Waals surface area contributed by atoms with Crippen LogP contribution in [0.5, 0.6) is 0 Å². The van der Waals surface area contributed by atoms with Crippen LogP contribution >= 0.6 is 0 Å². The minimum absolute atomic E-state index is 0.552. The maximum absolute atomic E-state index is 3.70.